The van der Waals surface area contributed by atoms with Gasteiger partial charge in [-0.25, -0.2) is 18.4 Å². The van der Waals surface area contributed by atoms with E-state index in [1.54, 1.807) is 0 Å². The van der Waals surface area contributed by atoms with Gasteiger partial charge in [0.15, 0.2) is 5.82 Å². The van der Waals surface area contributed by atoms with E-state index >= 15 is 0 Å². The van der Waals surface area contributed by atoms with Gasteiger partial charge in [0.1, 0.15) is 12.9 Å². The SMILES string of the molecule is O=[N+]([O-])c1cccc(-c2c(NS(=O)(=O)c3ccc(C(F)(F)F)cc3)ncnc2OCCO)c1. The van der Waals surface area contributed by atoms with Crippen molar-refractivity contribution in [2.45, 2.75) is 11.1 Å². The van der Waals surface area contributed by atoms with Crippen LogP contribution in [-0.4, -0.2) is 41.6 Å². The van der Waals surface area contributed by atoms with Gasteiger partial charge in [0, 0.05) is 12.1 Å². The molecule has 3 aromatic rings. The molecular formula is C19H15F3N4O6S. The van der Waals surface area contributed by atoms with Gasteiger partial charge in [-0.2, -0.15) is 13.2 Å². The average Bonchev–Trinajstić information content (AvgIpc) is 2.77. The minimum atomic E-state index is -4.64. The summed E-state index contributed by atoms with van der Waals surface area (Å²) < 4.78 is 71.4. The molecule has 0 saturated carbocycles. The standard InChI is InChI=1S/C19H15F3N4O6S/c20-19(21,22)13-4-6-15(7-5-13)33(30,31)25-17-16(18(24-11-23-17)32-9-8-27)12-2-1-3-14(10-12)26(28)29/h1-7,10-11,27H,8-9H2,(H,23,24,25). The summed E-state index contributed by atoms with van der Waals surface area (Å²) in [6.07, 6.45) is -3.69. The number of sulfonamides is 1. The van der Waals surface area contributed by atoms with Crippen LogP contribution in [-0.2, 0) is 16.2 Å². The van der Waals surface area contributed by atoms with E-state index in [0.717, 1.165) is 24.5 Å². The maximum absolute atomic E-state index is 12.8. The fraction of sp³-hybridized carbons (Fsp3) is 0.158. The van der Waals surface area contributed by atoms with E-state index in [9.17, 15) is 31.7 Å². The number of non-ortho nitro benzene ring substituents is 1. The number of nitrogens with zero attached hydrogens (tertiary/aromatic N) is 3. The number of nitro groups is 1. The lowest BCUT2D eigenvalue weighted by Crippen LogP contribution is -2.16. The van der Waals surface area contributed by atoms with Gasteiger partial charge in [-0.15, -0.1) is 0 Å². The summed E-state index contributed by atoms with van der Waals surface area (Å²) in [5, 5.41) is 20.2. The Morgan fingerprint density at radius 1 is 1.12 bits per heavy atom. The normalized spacial score (nSPS) is 11.8. The predicted molar refractivity (Wildman–Crippen MR) is 109 cm³/mol. The van der Waals surface area contributed by atoms with Crippen LogP contribution in [0.15, 0.2) is 59.8 Å². The fourth-order valence-electron chi connectivity index (χ4n) is 2.74. The largest absolute Gasteiger partial charge is 0.475 e. The lowest BCUT2D eigenvalue weighted by molar-refractivity contribution is -0.384. The summed E-state index contributed by atoms with van der Waals surface area (Å²) in [6.45, 7) is -0.616. The van der Waals surface area contributed by atoms with E-state index < -0.39 is 38.2 Å². The molecule has 2 aromatic carbocycles. The number of rotatable bonds is 8. The number of hydrogen-bond acceptors (Lipinski definition) is 8. The third-order valence-electron chi connectivity index (χ3n) is 4.21. The quantitative estimate of drug-likeness (QED) is 0.366. The number of nitro benzene ring substituents is 1. The number of alkyl halides is 3. The van der Waals surface area contributed by atoms with Gasteiger partial charge in [-0.05, 0) is 29.8 Å². The molecule has 0 aliphatic carbocycles. The zero-order valence-corrected chi connectivity index (χ0v) is 17.3. The highest BCUT2D eigenvalue weighted by atomic mass is 32.2. The van der Waals surface area contributed by atoms with Crippen LogP contribution in [0, 0.1) is 10.1 Å². The minimum Gasteiger partial charge on any atom is -0.475 e. The van der Waals surface area contributed by atoms with Crippen LogP contribution < -0.4 is 9.46 Å². The Labute approximate surface area is 184 Å². The van der Waals surface area contributed by atoms with Crippen LogP contribution in [0.1, 0.15) is 5.56 Å². The molecule has 2 N–H and O–H groups in total. The molecule has 0 radical (unpaired) electrons. The Hall–Kier alpha value is -3.78. The Kier molecular flexibility index (Phi) is 6.78. The van der Waals surface area contributed by atoms with Crippen molar-refractivity contribution in [1.29, 1.82) is 0 Å². The zero-order valence-electron chi connectivity index (χ0n) is 16.5. The molecule has 0 amide bonds. The molecule has 10 nitrogen and oxygen atoms in total. The summed E-state index contributed by atoms with van der Waals surface area (Å²) in [7, 11) is -4.42. The average molecular weight is 484 g/mol. The number of hydrogen-bond donors (Lipinski definition) is 2. The van der Waals surface area contributed by atoms with Crippen LogP contribution in [0.2, 0.25) is 0 Å². The third kappa shape index (κ3) is 5.53. The van der Waals surface area contributed by atoms with Gasteiger partial charge in [0.05, 0.1) is 27.6 Å². The van der Waals surface area contributed by atoms with Crippen LogP contribution in [0.4, 0.5) is 24.7 Å². The molecule has 1 aromatic heterocycles. The molecule has 1 heterocycles. The second kappa shape index (κ2) is 9.38. The summed E-state index contributed by atoms with van der Waals surface area (Å²) in [5.41, 5.74) is -1.27. The highest BCUT2D eigenvalue weighted by Gasteiger charge is 2.31. The van der Waals surface area contributed by atoms with Crippen molar-refractivity contribution in [3.8, 4) is 17.0 Å². The van der Waals surface area contributed by atoms with Gasteiger partial charge in [-0.1, -0.05) is 12.1 Å². The topological polar surface area (TPSA) is 145 Å². The van der Waals surface area contributed by atoms with Crippen LogP contribution in [0.25, 0.3) is 11.1 Å². The molecule has 0 aliphatic heterocycles. The molecule has 0 bridgehead atoms. The van der Waals surface area contributed by atoms with E-state index in [-0.39, 0.29) is 35.1 Å². The number of aliphatic hydroxyl groups is 1. The fourth-order valence-corrected chi connectivity index (χ4v) is 3.76. The van der Waals surface area contributed by atoms with Gasteiger partial charge < -0.3 is 9.84 Å². The number of nitrogens with one attached hydrogen (secondary N) is 1. The van der Waals surface area contributed by atoms with Crippen molar-refractivity contribution in [3.63, 3.8) is 0 Å². The van der Waals surface area contributed by atoms with Gasteiger partial charge in [0.25, 0.3) is 15.7 Å². The molecule has 3 rings (SSSR count). The van der Waals surface area contributed by atoms with E-state index in [0.29, 0.717) is 12.1 Å². The van der Waals surface area contributed by atoms with E-state index in [1.807, 2.05) is 0 Å². The molecule has 174 valence electrons. The maximum atomic E-state index is 12.8. The first-order valence-corrected chi connectivity index (χ1v) is 10.5. The Balaban J connectivity index is 2.07. The summed E-state index contributed by atoms with van der Waals surface area (Å²) in [6, 6.07) is 7.93. The lowest BCUT2D eigenvalue weighted by Gasteiger charge is -2.15. The predicted octanol–water partition coefficient (Wildman–Crippen LogP) is 3.24. The van der Waals surface area contributed by atoms with Crippen molar-refractivity contribution < 1.29 is 36.4 Å². The molecule has 33 heavy (non-hydrogen) atoms. The van der Waals surface area contributed by atoms with Crippen molar-refractivity contribution >= 4 is 21.5 Å². The highest BCUT2D eigenvalue weighted by molar-refractivity contribution is 7.92. The summed E-state index contributed by atoms with van der Waals surface area (Å²) in [5.74, 6) is -0.511. The number of aromatic nitrogens is 2. The first-order chi connectivity index (χ1) is 15.5. The smallest absolute Gasteiger partial charge is 0.416 e. The molecule has 14 heteroatoms. The molecule has 0 aliphatic rings. The van der Waals surface area contributed by atoms with Gasteiger partial charge >= 0.3 is 6.18 Å². The monoisotopic (exact) mass is 484 g/mol. The second-order valence-corrected chi connectivity index (χ2v) is 8.09. The van der Waals surface area contributed by atoms with E-state index in [1.165, 1.54) is 18.2 Å². The molecule has 0 atom stereocenters. The van der Waals surface area contributed by atoms with Crippen molar-refractivity contribution in [2.75, 3.05) is 17.9 Å². The first-order valence-electron chi connectivity index (χ1n) is 9.06. The van der Waals surface area contributed by atoms with Crippen LogP contribution in [0.3, 0.4) is 0 Å². The number of aliphatic hydroxyl groups excluding tert-OH is 1. The Morgan fingerprint density at radius 3 is 2.42 bits per heavy atom. The Bertz CT molecular complexity index is 1270. The molecule has 0 fully saturated rings. The number of ether oxygens (including phenoxy) is 1. The second-order valence-electron chi connectivity index (χ2n) is 6.41. The molecule has 0 saturated heterocycles. The van der Waals surface area contributed by atoms with Crippen molar-refractivity contribution in [1.82, 2.24) is 9.97 Å². The minimum absolute atomic E-state index is 0.0647. The maximum Gasteiger partial charge on any atom is 0.416 e. The number of benzene rings is 2. The molecule has 0 unspecified atom stereocenters. The molecule has 0 spiro atoms. The number of anilines is 1. The van der Waals surface area contributed by atoms with Crippen LogP contribution >= 0.6 is 0 Å². The van der Waals surface area contributed by atoms with Crippen molar-refractivity contribution in [3.05, 3.63) is 70.5 Å². The van der Waals surface area contributed by atoms with Crippen LogP contribution in [0.5, 0.6) is 5.88 Å². The van der Waals surface area contributed by atoms with Crippen molar-refractivity contribution in [2.24, 2.45) is 0 Å². The van der Waals surface area contributed by atoms with Gasteiger partial charge in [-0.3, -0.25) is 14.8 Å². The first kappa shape index (κ1) is 23.9. The van der Waals surface area contributed by atoms with Gasteiger partial charge in [0.2, 0.25) is 5.88 Å². The Morgan fingerprint density at radius 2 is 1.82 bits per heavy atom. The summed E-state index contributed by atoms with van der Waals surface area (Å²) >= 11 is 0. The zero-order chi connectivity index (χ0) is 24.2. The summed E-state index contributed by atoms with van der Waals surface area (Å²) in [4.78, 5) is 17.8. The van der Waals surface area contributed by atoms with E-state index in [2.05, 4.69) is 14.7 Å². The highest BCUT2D eigenvalue weighted by Crippen LogP contribution is 2.36. The third-order valence-corrected chi connectivity index (χ3v) is 5.57. The van der Waals surface area contributed by atoms with E-state index in [4.69, 9.17) is 9.84 Å². The molecular weight excluding hydrogens is 469 g/mol. The lowest BCUT2D eigenvalue weighted by atomic mass is 10.1. The number of halogens is 3.